The highest BCUT2D eigenvalue weighted by atomic mass is 19.1. The van der Waals surface area contributed by atoms with Gasteiger partial charge in [-0.1, -0.05) is 38.5 Å². The lowest BCUT2D eigenvalue weighted by Gasteiger charge is -2.35. The molecule has 0 radical (unpaired) electrons. The lowest BCUT2D eigenvalue weighted by molar-refractivity contribution is 0.0393. The fourth-order valence-electron chi connectivity index (χ4n) is 6.51. The van der Waals surface area contributed by atoms with Crippen molar-refractivity contribution in [1.82, 2.24) is 14.9 Å². The summed E-state index contributed by atoms with van der Waals surface area (Å²) in [6, 6.07) is 15.1. The van der Waals surface area contributed by atoms with Gasteiger partial charge in [-0.2, -0.15) is 0 Å². The first-order valence-electron chi connectivity index (χ1n) is 15.9. The number of ether oxygens (including phenoxy) is 1. The molecule has 0 spiro atoms. The van der Waals surface area contributed by atoms with Gasteiger partial charge in [0, 0.05) is 77.2 Å². The van der Waals surface area contributed by atoms with Crippen LogP contribution in [0.2, 0.25) is 0 Å². The van der Waals surface area contributed by atoms with E-state index in [0.717, 1.165) is 94.2 Å². The molecule has 5 rings (SSSR count). The van der Waals surface area contributed by atoms with Crippen LogP contribution in [0.1, 0.15) is 63.3 Å². The summed E-state index contributed by atoms with van der Waals surface area (Å²) in [6.45, 7) is 11.2. The SMILES string of the molecule is CCCC(F)(CC)c1nc(N2CCC(c3ccccc3N(C)C)CC2)c2cc(N(C)CCN3CCOCC3)ccc2n1. The molecule has 1 atom stereocenters. The highest BCUT2D eigenvalue weighted by Gasteiger charge is 2.34. The van der Waals surface area contributed by atoms with Crippen LogP contribution in [0.3, 0.4) is 0 Å². The molecule has 0 N–H and O–H groups in total. The molecule has 1 aromatic heterocycles. The van der Waals surface area contributed by atoms with E-state index in [1.54, 1.807) is 0 Å². The lowest BCUT2D eigenvalue weighted by atomic mass is 9.88. The second-order valence-electron chi connectivity index (χ2n) is 12.2. The van der Waals surface area contributed by atoms with Gasteiger partial charge in [0.25, 0.3) is 0 Å². The molecule has 1 unspecified atom stereocenters. The largest absolute Gasteiger partial charge is 0.379 e. The fourth-order valence-corrected chi connectivity index (χ4v) is 6.51. The molecule has 8 heteroatoms. The quantitative estimate of drug-likeness (QED) is 0.268. The maximum atomic E-state index is 16.2. The second-order valence-corrected chi connectivity index (χ2v) is 12.2. The number of likely N-dealkylation sites (N-methyl/N-ethyl adjacent to an activating group) is 1. The molecule has 228 valence electrons. The summed E-state index contributed by atoms with van der Waals surface area (Å²) >= 11 is 0. The van der Waals surface area contributed by atoms with Crippen molar-refractivity contribution >= 4 is 28.1 Å². The number of rotatable bonds is 11. The number of morpholine rings is 1. The average Bonchev–Trinajstić information content (AvgIpc) is 3.03. The molecule has 7 nitrogen and oxygen atoms in total. The number of halogens is 1. The Bertz CT molecular complexity index is 1320. The lowest BCUT2D eigenvalue weighted by Crippen LogP contribution is -2.40. The summed E-state index contributed by atoms with van der Waals surface area (Å²) in [6.07, 6.45) is 3.63. The first kappa shape index (κ1) is 30.5. The molecule has 2 saturated heterocycles. The minimum Gasteiger partial charge on any atom is -0.379 e. The number of aromatic nitrogens is 2. The van der Waals surface area contributed by atoms with Gasteiger partial charge in [0.2, 0.25) is 0 Å². The molecule has 2 fully saturated rings. The van der Waals surface area contributed by atoms with Gasteiger partial charge in [0.05, 0.1) is 18.7 Å². The highest BCUT2D eigenvalue weighted by molar-refractivity contribution is 5.92. The predicted octanol–water partition coefficient (Wildman–Crippen LogP) is 6.22. The Morgan fingerprint density at radius 1 is 0.976 bits per heavy atom. The van der Waals surface area contributed by atoms with Crippen molar-refractivity contribution < 1.29 is 9.13 Å². The van der Waals surface area contributed by atoms with E-state index in [1.165, 1.54) is 11.3 Å². The number of piperidine rings is 1. The van der Waals surface area contributed by atoms with Gasteiger partial charge < -0.3 is 19.4 Å². The van der Waals surface area contributed by atoms with E-state index < -0.39 is 5.67 Å². The monoisotopic (exact) mass is 576 g/mol. The summed E-state index contributed by atoms with van der Waals surface area (Å²) in [7, 11) is 6.38. The van der Waals surface area contributed by atoms with Crippen LogP contribution in [-0.2, 0) is 10.4 Å². The summed E-state index contributed by atoms with van der Waals surface area (Å²) < 4.78 is 21.8. The van der Waals surface area contributed by atoms with Crippen LogP contribution < -0.4 is 14.7 Å². The minimum absolute atomic E-state index is 0.336. The van der Waals surface area contributed by atoms with Gasteiger partial charge >= 0.3 is 0 Å². The third-order valence-corrected chi connectivity index (χ3v) is 9.22. The van der Waals surface area contributed by atoms with Crippen molar-refractivity contribution in [3.05, 3.63) is 53.9 Å². The van der Waals surface area contributed by atoms with Gasteiger partial charge in [0.15, 0.2) is 11.5 Å². The van der Waals surface area contributed by atoms with Crippen molar-refractivity contribution in [1.29, 1.82) is 0 Å². The summed E-state index contributed by atoms with van der Waals surface area (Å²) in [5.41, 5.74) is 3.15. The third-order valence-electron chi connectivity index (χ3n) is 9.22. The van der Waals surface area contributed by atoms with Gasteiger partial charge in [-0.3, -0.25) is 4.90 Å². The van der Waals surface area contributed by atoms with Crippen LogP contribution in [0.5, 0.6) is 0 Å². The number of hydrogen-bond acceptors (Lipinski definition) is 7. The summed E-state index contributed by atoms with van der Waals surface area (Å²) in [5.74, 6) is 1.71. The maximum Gasteiger partial charge on any atom is 0.169 e. The Balaban J connectivity index is 1.44. The Kier molecular flexibility index (Phi) is 9.84. The van der Waals surface area contributed by atoms with E-state index in [1.807, 2.05) is 13.8 Å². The Labute approximate surface area is 251 Å². The first-order chi connectivity index (χ1) is 20.3. The molecule has 0 saturated carbocycles. The van der Waals surface area contributed by atoms with Crippen LogP contribution in [-0.4, -0.2) is 88.5 Å². The maximum absolute atomic E-state index is 16.2. The van der Waals surface area contributed by atoms with Crippen molar-refractivity contribution in [3.63, 3.8) is 0 Å². The number of para-hydroxylation sites is 1. The predicted molar refractivity (Wildman–Crippen MR) is 173 cm³/mol. The molecule has 0 bridgehead atoms. The molecule has 2 aromatic carbocycles. The smallest absolute Gasteiger partial charge is 0.169 e. The molecule has 0 aliphatic carbocycles. The normalized spacial score (nSPS) is 18.3. The number of nitrogens with zero attached hydrogens (tertiary/aromatic N) is 6. The molecule has 3 heterocycles. The van der Waals surface area contributed by atoms with E-state index in [2.05, 4.69) is 83.2 Å². The van der Waals surface area contributed by atoms with Gasteiger partial charge in [-0.15, -0.1) is 0 Å². The van der Waals surface area contributed by atoms with Crippen molar-refractivity contribution in [2.75, 3.05) is 88.3 Å². The van der Waals surface area contributed by atoms with E-state index in [9.17, 15) is 0 Å². The van der Waals surface area contributed by atoms with E-state index in [4.69, 9.17) is 14.7 Å². The van der Waals surface area contributed by atoms with Crippen LogP contribution in [0.4, 0.5) is 21.6 Å². The second kappa shape index (κ2) is 13.6. The minimum atomic E-state index is -1.52. The standard InChI is InChI=1S/C34H49FN6O/c1-6-16-34(35,7-2)33-36-30-13-12-27(39(5)19-20-40-21-23-42-24-22-40)25-29(30)32(37-33)41-17-14-26(15-18-41)28-10-8-9-11-31(28)38(3)4/h8-13,25-26H,6-7,14-24H2,1-5H3. The molecule has 2 aliphatic heterocycles. The van der Waals surface area contributed by atoms with Gasteiger partial charge in [0.1, 0.15) is 5.82 Å². The molecular weight excluding hydrogens is 527 g/mol. The first-order valence-corrected chi connectivity index (χ1v) is 15.9. The molecule has 0 amide bonds. The Hall–Kier alpha value is -2.97. The van der Waals surface area contributed by atoms with Gasteiger partial charge in [-0.25, -0.2) is 14.4 Å². The zero-order valence-corrected chi connectivity index (χ0v) is 26.3. The van der Waals surface area contributed by atoms with Crippen molar-refractivity contribution in [2.24, 2.45) is 0 Å². The number of fused-ring (bicyclic) bond motifs is 1. The van der Waals surface area contributed by atoms with E-state index in [-0.39, 0.29) is 0 Å². The topological polar surface area (TPSA) is 48.0 Å². The van der Waals surface area contributed by atoms with E-state index >= 15 is 4.39 Å². The molecular formula is C34H49FN6O. The highest BCUT2D eigenvalue weighted by Crippen LogP contribution is 2.39. The molecule has 42 heavy (non-hydrogen) atoms. The van der Waals surface area contributed by atoms with E-state index in [0.29, 0.717) is 24.6 Å². The Morgan fingerprint density at radius 3 is 2.40 bits per heavy atom. The average molecular weight is 577 g/mol. The third kappa shape index (κ3) is 6.65. The van der Waals surface area contributed by atoms with Crippen LogP contribution in [0, 0.1) is 0 Å². The van der Waals surface area contributed by atoms with Crippen molar-refractivity contribution in [2.45, 2.75) is 57.5 Å². The Morgan fingerprint density at radius 2 is 1.71 bits per heavy atom. The summed E-state index contributed by atoms with van der Waals surface area (Å²) in [5, 5.41) is 1.01. The number of hydrogen-bond donors (Lipinski definition) is 0. The van der Waals surface area contributed by atoms with Crippen molar-refractivity contribution in [3.8, 4) is 0 Å². The molecule has 3 aromatic rings. The summed E-state index contributed by atoms with van der Waals surface area (Å²) in [4.78, 5) is 19.2. The number of anilines is 3. The number of benzene rings is 2. The van der Waals surface area contributed by atoms with Crippen LogP contribution in [0.25, 0.3) is 10.9 Å². The zero-order chi connectivity index (χ0) is 29.7. The molecule has 2 aliphatic rings. The van der Waals surface area contributed by atoms with Gasteiger partial charge in [-0.05, 0) is 61.4 Å². The van der Waals surface area contributed by atoms with Crippen LogP contribution >= 0.6 is 0 Å². The zero-order valence-electron chi connectivity index (χ0n) is 26.3. The number of alkyl halides is 1. The van der Waals surface area contributed by atoms with Crippen LogP contribution in [0.15, 0.2) is 42.5 Å². The fraction of sp³-hybridized carbons (Fsp3) is 0.588.